The molecule has 0 fully saturated rings. The molecule has 20 heavy (non-hydrogen) atoms. The summed E-state index contributed by atoms with van der Waals surface area (Å²) in [6.07, 6.45) is 3.47. The number of hydrogen-bond donors (Lipinski definition) is 1. The fourth-order valence-corrected chi connectivity index (χ4v) is 2.17. The first-order valence-corrected chi connectivity index (χ1v) is 7.25. The molecule has 0 aliphatic rings. The molecule has 4 heteroatoms. The van der Waals surface area contributed by atoms with Crippen LogP contribution in [-0.2, 0) is 4.79 Å². The predicted octanol–water partition coefficient (Wildman–Crippen LogP) is 3.54. The fraction of sp³-hybridized carbons (Fsp3) is 0.562. The molecule has 0 aliphatic heterocycles. The molecule has 0 bridgehead atoms. The van der Waals surface area contributed by atoms with E-state index < -0.39 is 0 Å². The van der Waals surface area contributed by atoms with Crippen LogP contribution in [-0.4, -0.2) is 23.9 Å². The fourth-order valence-electron chi connectivity index (χ4n) is 2.17. The molecule has 1 amide bonds. The van der Waals surface area contributed by atoms with Gasteiger partial charge in [-0.2, -0.15) is 0 Å². The summed E-state index contributed by atoms with van der Waals surface area (Å²) in [5.74, 6) is 0.218. The van der Waals surface area contributed by atoms with Gasteiger partial charge in [0.15, 0.2) is 0 Å². The maximum absolute atomic E-state index is 12.3. The van der Waals surface area contributed by atoms with Crippen molar-refractivity contribution in [3.05, 3.63) is 35.9 Å². The number of halogens is 1. The Balaban J connectivity index is 0.00000361. The summed E-state index contributed by atoms with van der Waals surface area (Å²) < 4.78 is 0. The molecule has 1 aromatic carbocycles. The van der Waals surface area contributed by atoms with Crippen molar-refractivity contribution in [2.75, 3.05) is 13.1 Å². The van der Waals surface area contributed by atoms with Crippen molar-refractivity contribution >= 4 is 18.3 Å². The number of nitrogens with two attached hydrogens (primary N) is 1. The highest BCUT2D eigenvalue weighted by atomic mass is 35.5. The van der Waals surface area contributed by atoms with Crippen LogP contribution < -0.4 is 5.73 Å². The molecule has 1 atom stereocenters. The number of nitrogens with zero attached hydrogens (tertiary/aromatic N) is 1. The van der Waals surface area contributed by atoms with Gasteiger partial charge in [-0.3, -0.25) is 4.79 Å². The second-order valence-electron chi connectivity index (χ2n) is 4.92. The molecule has 1 unspecified atom stereocenters. The number of amides is 1. The average molecular weight is 299 g/mol. The van der Waals surface area contributed by atoms with E-state index in [9.17, 15) is 4.79 Å². The minimum atomic E-state index is 0. The predicted molar refractivity (Wildman–Crippen MR) is 87.0 cm³/mol. The van der Waals surface area contributed by atoms with Crippen molar-refractivity contribution < 1.29 is 4.79 Å². The minimum Gasteiger partial charge on any atom is -0.336 e. The molecule has 0 spiro atoms. The van der Waals surface area contributed by atoms with E-state index in [2.05, 4.69) is 26.0 Å². The van der Waals surface area contributed by atoms with Gasteiger partial charge in [0.05, 0.1) is 6.04 Å². The van der Waals surface area contributed by atoms with Gasteiger partial charge in [0.1, 0.15) is 0 Å². The highest BCUT2D eigenvalue weighted by Gasteiger charge is 2.20. The Morgan fingerprint density at radius 3 is 2.45 bits per heavy atom. The van der Waals surface area contributed by atoms with Crippen LogP contribution in [0.5, 0.6) is 0 Å². The van der Waals surface area contributed by atoms with Crippen LogP contribution in [0.2, 0.25) is 0 Å². The Hall–Kier alpha value is -1.06. The summed E-state index contributed by atoms with van der Waals surface area (Å²) in [7, 11) is 0. The summed E-state index contributed by atoms with van der Waals surface area (Å²) in [4.78, 5) is 14.3. The molecule has 0 heterocycles. The van der Waals surface area contributed by atoms with E-state index in [4.69, 9.17) is 5.73 Å². The zero-order valence-electron chi connectivity index (χ0n) is 12.5. The Morgan fingerprint density at radius 2 is 1.90 bits per heavy atom. The maximum Gasteiger partial charge on any atom is 0.223 e. The number of rotatable bonds is 8. The van der Waals surface area contributed by atoms with E-state index in [-0.39, 0.29) is 24.4 Å². The van der Waals surface area contributed by atoms with E-state index in [1.807, 2.05) is 23.1 Å². The molecule has 114 valence electrons. The Labute approximate surface area is 128 Å². The van der Waals surface area contributed by atoms with Crippen molar-refractivity contribution in [1.82, 2.24) is 4.90 Å². The van der Waals surface area contributed by atoms with Gasteiger partial charge in [-0.25, -0.2) is 0 Å². The van der Waals surface area contributed by atoms with Crippen molar-refractivity contribution in [1.29, 1.82) is 0 Å². The first-order valence-electron chi connectivity index (χ1n) is 7.25. The van der Waals surface area contributed by atoms with Crippen LogP contribution in [0.25, 0.3) is 0 Å². The van der Waals surface area contributed by atoms with E-state index in [1.54, 1.807) is 0 Å². The standard InChI is InChI=1S/C16H26N2O.ClH/c1-3-4-13-18(16(19)11-8-12-17)14(2)15-9-6-5-7-10-15;/h5-7,9-10,14H,3-4,8,11-13,17H2,1-2H3;1H. The quantitative estimate of drug-likeness (QED) is 0.798. The topological polar surface area (TPSA) is 46.3 Å². The van der Waals surface area contributed by atoms with Crippen molar-refractivity contribution in [2.24, 2.45) is 5.73 Å². The molecule has 0 aromatic heterocycles. The lowest BCUT2D eigenvalue weighted by Crippen LogP contribution is -2.34. The van der Waals surface area contributed by atoms with Crippen LogP contribution in [0.1, 0.15) is 51.1 Å². The Kier molecular flexibility index (Phi) is 10.1. The smallest absolute Gasteiger partial charge is 0.223 e. The molecule has 0 saturated heterocycles. The third-order valence-corrected chi connectivity index (χ3v) is 3.42. The highest BCUT2D eigenvalue weighted by molar-refractivity contribution is 5.85. The number of carbonyl (C=O) groups is 1. The van der Waals surface area contributed by atoms with Crippen molar-refractivity contribution in [3.63, 3.8) is 0 Å². The van der Waals surface area contributed by atoms with Gasteiger partial charge in [-0.05, 0) is 31.9 Å². The monoisotopic (exact) mass is 298 g/mol. The molecule has 1 aromatic rings. The van der Waals surface area contributed by atoms with Gasteiger partial charge in [0.2, 0.25) is 5.91 Å². The normalized spacial score (nSPS) is 11.6. The lowest BCUT2D eigenvalue weighted by Gasteiger charge is -2.30. The molecule has 0 saturated carbocycles. The zero-order valence-corrected chi connectivity index (χ0v) is 13.4. The molecule has 0 radical (unpaired) electrons. The van der Waals surface area contributed by atoms with Crippen LogP contribution in [0.4, 0.5) is 0 Å². The first kappa shape index (κ1) is 18.9. The van der Waals surface area contributed by atoms with Gasteiger partial charge in [-0.15, -0.1) is 12.4 Å². The third-order valence-electron chi connectivity index (χ3n) is 3.42. The van der Waals surface area contributed by atoms with Gasteiger partial charge in [-0.1, -0.05) is 43.7 Å². The molecule has 2 N–H and O–H groups in total. The zero-order chi connectivity index (χ0) is 14.1. The SMILES string of the molecule is CCCCN(C(=O)CCCN)C(C)c1ccccc1.Cl. The van der Waals surface area contributed by atoms with Crippen molar-refractivity contribution in [3.8, 4) is 0 Å². The largest absolute Gasteiger partial charge is 0.336 e. The first-order chi connectivity index (χ1) is 9.20. The molecular formula is C16H27ClN2O. The average Bonchev–Trinajstić information content (AvgIpc) is 2.46. The maximum atomic E-state index is 12.3. The third kappa shape index (κ3) is 5.93. The number of carbonyl (C=O) groups excluding carboxylic acids is 1. The molecule has 3 nitrogen and oxygen atoms in total. The summed E-state index contributed by atoms with van der Waals surface area (Å²) in [6, 6.07) is 10.4. The molecule has 0 aliphatic carbocycles. The summed E-state index contributed by atoms with van der Waals surface area (Å²) in [6.45, 7) is 5.66. The lowest BCUT2D eigenvalue weighted by atomic mass is 10.1. The van der Waals surface area contributed by atoms with Gasteiger partial charge >= 0.3 is 0 Å². The number of hydrogen-bond acceptors (Lipinski definition) is 2. The van der Waals surface area contributed by atoms with Crippen molar-refractivity contribution in [2.45, 2.75) is 45.6 Å². The van der Waals surface area contributed by atoms with Gasteiger partial charge in [0, 0.05) is 13.0 Å². The number of unbranched alkanes of at least 4 members (excludes halogenated alkanes) is 1. The minimum absolute atomic E-state index is 0. The highest BCUT2D eigenvalue weighted by Crippen LogP contribution is 2.21. The van der Waals surface area contributed by atoms with Crippen LogP contribution in [0, 0.1) is 0 Å². The Morgan fingerprint density at radius 1 is 1.25 bits per heavy atom. The summed E-state index contributed by atoms with van der Waals surface area (Å²) in [5.41, 5.74) is 6.69. The Bertz CT molecular complexity index is 370. The van der Waals surface area contributed by atoms with E-state index >= 15 is 0 Å². The second-order valence-corrected chi connectivity index (χ2v) is 4.92. The molecule has 1 rings (SSSR count). The molecular weight excluding hydrogens is 272 g/mol. The van der Waals surface area contributed by atoms with Gasteiger partial charge < -0.3 is 10.6 Å². The van der Waals surface area contributed by atoms with Crippen LogP contribution in [0.3, 0.4) is 0 Å². The summed E-state index contributed by atoms with van der Waals surface area (Å²) >= 11 is 0. The van der Waals surface area contributed by atoms with Crippen LogP contribution >= 0.6 is 12.4 Å². The van der Waals surface area contributed by atoms with Gasteiger partial charge in [0.25, 0.3) is 0 Å². The van der Waals surface area contributed by atoms with E-state index in [0.29, 0.717) is 13.0 Å². The second kappa shape index (κ2) is 10.7. The van der Waals surface area contributed by atoms with E-state index in [1.165, 1.54) is 5.56 Å². The summed E-state index contributed by atoms with van der Waals surface area (Å²) in [5, 5.41) is 0. The van der Waals surface area contributed by atoms with E-state index in [0.717, 1.165) is 25.8 Å². The lowest BCUT2D eigenvalue weighted by molar-refractivity contribution is -0.133. The number of benzene rings is 1. The van der Waals surface area contributed by atoms with Crippen LogP contribution in [0.15, 0.2) is 30.3 Å².